The molecule has 8 fully saturated rings. The lowest BCUT2D eigenvalue weighted by molar-refractivity contribution is -0.180. The lowest BCUT2D eigenvalue weighted by atomic mass is 9.96. The molecule has 40 heteroatoms. The van der Waals surface area contributed by atoms with Crippen molar-refractivity contribution < 1.29 is 71.1 Å². The van der Waals surface area contributed by atoms with E-state index < -0.39 is 139 Å². The van der Waals surface area contributed by atoms with E-state index in [0.717, 1.165) is 0 Å². The number of anilines is 2. The minimum absolute atomic E-state index is 0.0174. The van der Waals surface area contributed by atoms with Gasteiger partial charge in [0.1, 0.15) is 101 Å². The highest BCUT2D eigenvalue weighted by Crippen LogP contribution is 2.56. The molecule has 5 N–H and O–H groups in total. The number of H-pyrrole nitrogens is 2. The number of aliphatic hydroxyl groups excluding tert-OH is 1. The van der Waals surface area contributed by atoms with Gasteiger partial charge in [-0.1, -0.05) is 60.7 Å². The third-order valence-corrected chi connectivity index (χ3v) is 24.1. The van der Waals surface area contributed by atoms with E-state index in [-0.39, 0.29) is 101 Å². The summed E-state index contributed by atoms with van der Waals surface area (Å²) in [5.74, 6) is -0.467. The van der Waals surface area contributed by atoms with Crippen LogP contribution in [0.1, 0.15) is 134 Å². The smallest absolute Gasteiger partial charge is 0.351 e. The largest absolute Gasteiger partial charge is 0.387 e. The molecule has 8 aliphatic heterocycles. The number of hydrogen-bond acceptors (Lipinski definition) is 28. The molecule has 17 atom stereocenters. The number of benzene rings is 2. The Balaban J connectivity index is 0.000000185. The SMILES string of the molecule is CC[C@]12CO[C@@H](C1OCc1cn(C[C@]34CO[C@@H](C3O)[C@H](n3cc(C)c(=O)[nH]c3=O)O4)nn1)[C@H](n1cc(C)c(NC(=O)c3ccccc3)nc1=O)O2.[C-]#[N+]CCOP(OC1[C@@H]2OC[C@]1(Cn1cc(COC3[C@@H]4OC[C@]3(CC)O[C@H]4n3cc(C)c(NC(=O)c4ccccc4)nc3=O)nn1)O[C@H]2n1cc(C)c(=O)[nH]c1=O)N(C(C)C)C(C)C. The van der Waals surface area contributed by atoms with Crippen LogP contribution in [-0.2, 0) is 82.7 Å². The quantitative estimate of drug-likeness (QED) is 0.0267. The number of ether oxygens (including phenoxy) is 10. The number of aromatic nitrogens is 14. The zero-order valence-corrected chi connectivity index (χ0v) is 65.5. The standard InChI is InChI=1S/C42H53N10O11P.C33H36N8O10/c1-9-41-22-58-30(37(61-41)50-17-26(6)34(45-39(50)55)44-36(54)28-13-11-10-12-14-28)32(41)57-20-29-19-49(48-47-29)21-42-23-59-31(38(62-42)51-18-27(7)35(53)46-40(51)56)33(42)63-64(60-16-15-43-8)52(24(2)3)25(4)5;1-4-32-15-49-22(29(50-32)40-10-17(2)25(35-30(40)45)34-27(44)19-8-6-5-7-9-19)24(32)47-13-20-12-39(38-37-20)14-33-16-48-21(23(33)42)28(51-33)41-11-18(3)26(43)36-31(41)46/h10-14,17-19,24-25,30-33,37-38H,9,15-16,20-23H2,1-7H3,(H,46,53,56)(H,44,45,54,55);5-12,21-24,28-29,42H,4,13-16H2,1-3H3,(H,36,43,46)(H,34,35,44,45)/t30-,31-,32?,33?,37+,38+,41-,42-,64?;21-,22-,23?,24?,28+,29+,32-,33-/m00/s1. The van der Waals surface area contributed by atoms with Crippen molar-refractivity contribution in [3.05, 3.63) is 217 Å². The molecule has 8 aliphatic rings. The summed E-state index contributed by atoms with van der Waals surface area (Å²) in [5.41, 5.74) is -4.08. The van der Waals surface area contributed by atoms with Crippen LogP contribution in [0.15, 0.2) is 127 Å². The van der Waals surface area contributed by atoms with Crippen LogP contribution < -0.4 is 44.5 Å². The van der Waals surface area contributed by atoms with Crippen LogP contribution in [0.2, 0.25) is 0 Å². The maximum Gasteiger partial charge on any atom is 0.351 e. The number of nitrogens with one attached hydrogen (secondary N) is 4. The number of aryl methyl sites for hydroxylation is 4. The number of hydrogen-bond donors (Lipinski definition) is 5. The molecule has 610 valence electrons. The van der Waals surface area contributed by atoms with E-state index in [4.69, 9.17) is 63.0 Å². The summed E-state index contributed by atoms with van der Waals surface area (Å²) in [5, 5.41) is 33.9. The van der Waals surface area contributed by atoms with Gasteiger partial charge >= 0.3 is 22.8 Å². The Morgan fingerprint density at radius 3 is 1.43 bits per heavy atom. The number of rotatable bonds is 28. The number of nitrogens with zero attached hydrogens (tertiary/aromatic N) is 14. The van der Waals surface area contributed by atoms with Gasteiger partial charge in [-0.2, -0.15) is 9.97 Å². The molecule has 8 bridgehead atoms. The first-order valence-corrected chi connectivity index (χ1v) is 39.0. The van der Waals surface area contributed by atoms with Gasteiger partial charge in [0.15, 0.2) is 24.9 Å². The molecule has 8 saturated heterocycles. The van der Waals surface area contributed by atoms with Crippen molar-refractivity contribution >= 4 is 32.0 Å². The molecule has 5 unspecified atom stereocenters. The number of aliphatic hydroxyl groups is 1. The lowest BCUT2D eigenvalue weighted by Gasteiger charge is -2.38. The van der Waals surface area contributed by atoms with Crippen molar-refractivity contribution in [1.29, 1.82) is 0 Å². The first kappa shape index (κ1) is 80.3. The van der Waals surface area contributed by atoms with Gasteiger partial charge in [0.2, 0.25) is 6.54 Å². The first-order chi connectivity index (χ1) is 55.2. The Bertz CT molecular complexity index is 5370. The number of amides is 2. The van der Waals surface area contributed by atoms with E-state index in [1.165, 1.54) is 35.3 Å². The fraction of sp³-hybridized carbons (Fsp3) is 0.533. The van der Waals surface area contributed by atoms with E-state index in [1.807, 2.05) is 47.6 Å². The number of aromatic amines is 2. The Morgan fingerprint density at radius 1 is 0.574 bits per heavy atom. The van der Waals surface area contributed by atoms with Crippen LogP contribution in [-0.4, -0.2) is 213 Å². The molecule has 2 aromatic carbocycles. The minimum atomic E-state index is -1.75. The van der Waals surface area contributed by atoms with Gasteiger partial charge in [-0.25, -0.2) is 39.8 Å². The zero-order valence-electron chi connectivity index (χ0n) is 64.6. The fourth-order valence-electron chi connectivity index (χ4n) is 16.1. The van der Waals surface area contributed by atoms with E-state index in [2.05, 4.69) is 60.7 Å². The van der Waals surface area contributed by atoms with Gasteiger partial charge in [0.25, 0.3) is 31.5 Å². The molecular formula is C75H89N18O21P. The van der Waals surface area contributed by atoms with Crippen LogP contribution in [0.3, 0.4) is 0 Å². The second-order valence-corrected chi connectivity index (χ2v) is 31.8. The van der Waals surface area contributed by atoms with E-state index >= 15 is 0 Å². The highest BCUT2D eigenvalue weighted by molar-refractivity contribution is 7.44. The summed E-state index contributed by atoms with van der Waals surface area (Å²) in [4.78, 5) is 119. The number of fused-ring (bicyclic) bond motifs is 8. The monoisotopic (exact) mass is 1610 g/mol. The Kier molecular flexibility index (Phi) is 22.6. The maximum atomic E-state index is 13.5. The molecule has 0 spiro atoms. The number of carbonyl (C=O) groups excluding carboxylic acids is 2. The molecule has 2 amide bonds. The normalized spacial score (nSPS) is 28.9. The molecule has 0 aliphatic carbocycles. The van der Waals surface area contributed by atoms with E-state index in [0.29, 0.717) is 57.6 Å². The summed E-state index contributed by atoms with van der Waals surface area (Å²) in [7, 11) is -1.75. The Hall–Kier alpha value is -9.86. The molecule has 8 aromatic rings. The van der Waals surface area contributed by atoms with Crippen LogP contribution in [0, 0.1) is 34.3 Å². The first-order valence-electron chi connectivity index (χ1n) is 37.8. The third-order valence-electron chi connectivity index (χ3n) is 22.0. The maximum absolute atomic E-state index is 13.5. The average molecular weight is 1610 g/mol. The van der Waals surface area contributed by atoms with Crippen LogP contribution in [0.4, 0.5) is 11.6 Å². The predicted octanol–water partition coefficient (Wildman–Crippen LogP) is 3.19. The Morgan fingerprint density at radius 2 is 0.974 bits per heavy atom. The average Bonchev–Trinajstić information content (AvgIpc) is 1.61. The lowest BCUT2D eigenvalue weighted by Crippen LogP contribution is -2.46. The van der Waals surface area contributed by atoms with E-state index in [1.54, 1.807) is 112 Å². The second-order valence-electron chi connectivity index (χ2n) is 30.4. The number of carbonyl (C=O) groups is 2. The van der Waals surface area contributed by atoms with Gasteiger partial charge < -0.3 is 77.0 Å². The summed E-state index contributed by atoms with van der Waals surface area (Å²) in [6.45, 7) is 27.2. The van der Waals surface area contributed by atoms with Crippen LogP contribution in [0.5, 0.6) is 0 Å². The van der Waals surface area contributed by atoms with Gasteiger partial charge in [-0.05, 0) is 92.5 Å². The van der Waals surface area contributed by atoms with Gasteiger partial charge in [-0.3, -0.25) is 47.4 Å². The highest BCUT2D eigenvalue weighted by Gasteiger charge is 2.67. The molecule has 14 heterocycles. The predicted molar refractivity (Wildman–Crippen MR) is 403 cm³/mol. The van der Waals surface area contributed by atoms with Crippen molar-refractivity contribution in [2.24, 2.45) is 0 Å². The molecular weight excluding hydrogens is 1520 g/mol. The molecule has 115 heavy (non-hydrogen) atoms. The van der Waals surface area contributed by atoms with Gasteiger partial charge in [-0.15, -0.1) is 10.2 Å². The van der Waals surface area contributed by atoms with Gasteiger partial charge in [0.05, 0.1) is 65.1 Å². The second kappa shape index (κ2) is 32.3. The molecule has 39 nitrogen and oxygen atoms in total. The fourth-order valence-corrected chi connectivity index (χ4v) is 17.9. The van der Waals surface area contributed by atoms with Crippen molar-refractivity contribution in [3.8, 4) is 0 Å². The van der Waals surface area contributed by atoms with Crippen molar-refractivity contribution in [3.63, 3.8) is 0 Å². The summed E-state index contributed by atoms with van der Waals surface area (Å²) in [6, 6.07) is 17.3. The van der Waals surface area contributed by atoms with Crippen molar-refractivity contribution in [2.75, 3.05) is 50.2 Å². The minimum Gasteiger partial charge on any atom is -0.387 e. The summed E-state index contributed by atoms with van der Waals surface area (Å²) in [6.07, 6.45) is 1.01. The van der Waals surface area contributed by atoms with Crippen molar-refractivity contribution in [1.82, 2.24) is 72.9 Å². The molecule has 6 aromatic heterocycles. The Labute approximate surface area is 656 Å². The van der Waals surface area contributed by atoms with E-state index in [9.17, 15) is 43.5 Å². The zero-order chi connectivity index (χ0) is 81.2. The summed E-state index contributed by atoms with van der Waals surface area (Å²) >= 11 is 0. The topological polar surface area (TPSA) is 438 Å². The van der Waals surface area contributed by atoms with Gasteiger partial charge in [0, 0.05) is 70.3 Å². The molecule has 16 rings (SSSR count). The third kappa shape index (κ3) is 15.2. The highest BCUT2D eigenvalue weighted by atomic mass is 31.2. The van der Waals surface area contributed by atoms with Crippen LogP contribution in [0.25, 0.3) is 4.85 Å². The molecule has 0 saturated carbocycles. The van der Waals surface area contributed by atoms with Crippen LogP contribution >= 0.6 is 8.53 Å². The molecule has 0 radical (unpaired) electrons. The summed E-state index contributed by atoms with van der Waals surface area (Å²) < 4.78 is 87.0. The van der Waals surface area contributed by atoms with Crippen molar-refractivity contribution in [2.45, 2.75) is 217 Å².